The van der Waals surface area contributed by atoms with E-state index in [0.29, 0.717) is 11.8 Å². The maximum absolute atomic E-state index is 10.6. The SMILES string of the molecule is NC(=O)CCN1CC2(CCOCC2)C1. The summed E-state index contributed by atoms with van der Waals surface area (Å²) in [6.07, 6.45) is 2.85. The quantitative estimate of drug-likeness (QED) is 0.693. The molecule has 0 saturated carbocycles. The zero-order chi connectivity index (χ0) is 10.0. The number of hydrogen-bond acceptors (Lipinski definition) is 3. The van der Waals surface area contributed by atoms with Crippen molar-refractivity contribution < 1.29 is 9.53 Å². The van der Waals surface area contributed by atoms with E-state index in [1.165, 1.54) is 12.8 Å². The largest absolute Gasteiger partial charge is 0.381 e. The average molecular weight is 198 g/mol. The van der Waals surface area contributed by atoms with E-state index < -0.39 is 0 Å². The van der Waals surface area contributed by atoms with Gasteiger partial charge >= 0.3 is 0 Å². The van der Waals surface area contributed by atoms with E-state index in [0.717, 1.165) is 32.8 Å². The van der Waals surface area contributed by atoms with Crippen LogP contribution >= 0.6 is 0 Å². The number of nitrogens with zero attached hydrogens (tertiary/aromatic N) is 1. The summed E-state index contributed by atoms with van der Waals surface area (Å²) in [6, 6.07) is 0. The average Bonchev–Trinajstić information content (AvgIpc) is 2.12. The molecule has 4 nitrogen and oxygen atoms in total. The van der Waals surface area contributed by atoms with E-state index in [1.807, 2.05) is 0 Å². The molecule has 0 aromatic rings. The molecule has 1 amide bonds. The molecule has 0 radical (unpaired) electrons. The van der Waals surface area contributed by atoms with Crippen LogP contribution in [0.1, 0.15) is 19.3 Å². The Labute approximate surface area is 84.4 Å². The van der Waals surface area contributed by atoms with Crippen molar-refractivity contribution in [2.45, 2.75) is 19.3 Å². The summed E-state index contributed by atoms with van der Waals surface area (Å²) in [5.74, 6) is -0.196. The van der Waals surface area contributed by atoms with Gasteiger partial charge in [-0.1, -0.05) is 0 Å². The molecule has 2 heterocycles. The third-order valence-corrected chi connectivity index (χ3v) is 3.35. The molecular formula is C10H18N2O2. The van der Waals surface area contributed by atoms with E-state index >= 15 is 0 Å². The molecular weight excluding hydrogens is 180 g/mol. The fourth-order valence-electron chi connectivity index (χ4n) is 2.45. The van der Waals surface area contributed by atoms with E-state index in [1.54, 1.807) is 0 Å². The molecule has 2 aliphatic rings. The van der Waals surface area contributed by atoms with Gasteiger partial charge in [0.2, 0.25) is 5.91 Å². The molecule has 2 N–H and O–H groups in total. The van der Waals surface area contributed by atoms with E-state index in [9.17, 15) is 4.79 Å². The number of amides is 1. The van der Waals surface area contributed by atoms with E-state index in [4.69, 9.17) is 10.5 Å². The molecule has 2 fully saturated rings. The van der Waals surface area contributed by atoms with Crippen molar-refractivity contribution in [2.24, 2.45) is 11.1 Å². The fraction of sp³-hybridized carbons (Fsp3) is 0.900. The molecule has 4 heteroatoms. The minimum absolute atomic E-state index is 0.196. The first-order valence-electron chi connectivity index (χ1n) is 5.29. The molecule has 0 bridgehead atoms. The number of carbonyl (C=O) groups excluding carboxylic acids is 1. The number of carbonyl (C=O) groups is 1. The van der Waals surface area contributed by atoms with Crippen LogP contribution in [-0.2, 0) is 9.53 Å². The van der Waals surface area contributed by atoms with Crippen molar-refractivity contribution in [1.29, 1.82) is 0 Å². The van der Waals surface area contributed by atoms with Crippen LogP contribution < -0.4 is 5.73 Å². The monoisotopic (exact) mass is 198 g/mol. The van der Waals surface area contributed by atoms with Gasteiger partial charge in [0.15, 0.2) is 0 Å². The number of nitrogens with two attached hydrogens (primary N) is 1. The highest BCUT2D eigenvalue weighted by atomic mass is 16.5. The predicted molar refractivity (Wildman–Crippen MR) is 52.7 cm³/mol. The second-order valence-electron chi connectivity index (χ2n) is 4.54. The topological polar surface area (TPSA) is 55.6 Å². The van der Waals surface area contributed by atoms with Gasteiger partial charge in [-0.05, 0) is 12.8 Å². The second kappa shape index (κ2) is 3.87. The maximum atomic E-state index is 10.6. The third kappa shape index (κ3) is 2.07. The Morgan fingerprint density at radius 2 is 2.00 bits per heavy atom. The highest BCUT2D eigenvalue weighted by Gasteiger charge is 2.43. The highest BCUT2D eigenvalue weighted by molar-refractivity contribution is 5.73. The van der Waals surface area contributed by atoms with Gasteiger partial charge in [-0.2, -0.15) is 0 Å². The first-order valence-corrected chi connectivity index (χ1v) is 5.29. The first kappa shape index (κ1) is 9.93. The van der Waals surface area contributed by atoms with Gasteiger partial charge in [-0.25, -0.2) is 0 Å². The standard InChI is InChI=1S/C10H18N2O2/c11-9(13)1-4-12-7-10(8-12)2-5-14-6-3-10/h1-8H2,(H2,11,13). The van der Waals surface area contributed by atoms with Gasteiger partial charge in [0, 0.05) is 44.7 Å². The fourth-order valence-corrected chi connectivity index (χ4v) is 2.45. The van der Waals surface area contributed by atoms with Crippen LogP contribution in [0.3, 0.4) is 0 Å². The van der Waals surface area contributed by atoms with Crippen LogP contribution in [0.25, 0.3) is 0 Å². The molecule has 80 valence electrons. The Bertz CT molecular complexity index is 216. The van der Waals surface area contributed by atoms with Gasteiger partial charge in [0.05, 0.1) is 0 Å². The van der Waals surface area contributed by atoms with Crippen LogP contribution in [-0.4, -0.2) is 43.7 Å². The lowest BCUT2D eigenvalue weighted by molar-refractivity contribution is -0.120. The Balaban J connectivity index is 1.70. The Morgan fingerprint density at radius 3 is 2.57 bits per heavy atom. The van der Waals surface area contributed by atoms with Crippen molar-refractivity contribution in [3.63, 3.8) is 0 Å². The second-order valence-corrected chi connectivity index (χ2v) is 4.54. The third-order valence-electron chi connectivity index (χ3n) is 3.35. The summed E-state index contributed by atoms with van der Waals surface area (Å²) in [7, 11) is 0. The normalized spacial score (nSPS) is 26.0. The lowest BCUT2D eigenvalue weighted by Gasteiger charge is -2.52. The van der Waals surface area contributed by atoms with E-state index in [-0.39, 0.29) is 5.91 Å². The maximum Gasteiger partial charge on any atom is 0.218 e. The smallest absolute Gasteiger partial charge is 0.218 e. The van der Waals surface area contributed by atoms with Crippen LogP contribution in [0.5, 0.6) is 0 Å². The Kier molecular flexibility index (Phi) is 2.74. The summed E-state index contributed by atoms with van der Waals surface area (Å²) in [4.78, 5) is 12.9. The van der Waals surface area contributed by atoms with Gasteiger partial charge < -0.3 is 15.4 Å². The molecule has 14 heavy (non-hydrogen) atoms. The lowest BCUT2D eigenvalue weighted by Crippen LogP contribution is -2.58. The number of ether oxygens (including phenoxy) is 1. The lowest BCUT2D eigenvalue weighted by atomic mass is 9.73. The predicted octanol–water partition coefficient (Wildman–Crippen LogP) is -0.0258. The van der Waals surface area contributed by atoms with Gasteiger partial charge in [-0.3, -0.25) is 4.79 Å². The van der Waals surface area contributed by atoms with Crippen LogP contribution in [0.4, 0.5) is 0 Å². The molecule has 0 atom stereocenters. The summed E-state index contributed by atoms with van der Waals surface area (Å²) in [6.45, 7) is 4.90. The van der Waals surface area contributed by atoms with E-state index in [2.05, 4.69) is 4.90 Å². The zero-order valence-corrected chi connectivity index (χ0v) is 8.50. The number of primary amides is 1. The molecule has 2 rings (SSSR count). The molecule has 0 unspecified atom stereocenters. The van der Waals surface area contributed by atoms with Gasteiger partial charge in [0.25, 0.3) is 0 Å². The number of likely N-dealkylation sites (tertiary alicyclic amines) is 1. The van der Waals surface area contributed by atoms with Gasteiger partial charge in [0.1, 0.15) is 0 Å². The van der Waals surface area contributed by atoms with Crippen molar-refractivity contribution >= 4 is 5.91 Å². The molecule has 2 aliphatic heterocycles. The summed E-state index contributed by atoms with van der Waals surface area (Å²) < 4.78 is 5.34. The molecule has 2 saturated heterocycles. The highest BCUT2D eigenvalue weighted by Crippen LogP contribution is 2.39. The van der Waals surface area contributed by atoms with Crippen molar-refractivity contribution in [3.8, 4) is 0 Å². The number of rotatable bonds is 3. The van der Waals surface area contributed by atoms with Crippen LogP contribution in [0, 0.1) is 5.41 Å². The molecule has 0 aromatic carbocycles. The molecule has 1 spiro atoms. The molecule has 0 aliphatic carbocycles. The van der Waals surface area contributed by atoms with Crippen LogP contribution in [0.2, 0.25) is 0 Å². The van der Waals surface area contributed by atoms with Crippen molar-refractivity contribution in [3.05, 3.63) is 0 Å². The summed E-state index contributed by atoms with van der Waals surface area (Å²) in [5, 5.41) is 0. The van der Waals surface area contributed by atoms with Gasteiger partial charge in [-0.15, -0.1) is 0 Å². The van der Waals surface area contributed by atoms with Crippen molar-refractivity contribution in [2.75, 3.05) is 32.8 Å². The number of hydrogen-bond donors (Lipinski definition) is 1. The first-order chi connectivity index (χ1) is 6.70. The minimum atomic E-state index is -0.196. The minimum Gasteiger partial charge on any atom is -0.381 e. The van der Waals surface area contributed by atoms with Crippen LogP contribution in [0.15, 0.2) is 0 Å². The summed E-state index contributed by atoms with van der Waals surface area (Å²) >= 11 is 0. The van der Waals surface area contributed by atoms with Crippen molar-refractivity contribution in [1.82, 2.24) is 4.90 Å². The zero-order valence-electron chi connectivity index (χ0n) is 8.50. The molecule has 0 aromatic heterocycles. The Morgan fingerprint density at radius 1 is 1.36 bits per heavy atom. The summed E-state index contributed by atoms with van der Waals surface area (Å²) in [5.41, 5.74) is 5.61. The Hall–Kier alpha value is -0.610.